The minimum atomic E-state index is -0.792. The summed E-state index contributed by atoms with van der Waals surface area (Å²) in [5.41, 5.74) is 8.22. The number of benzene rings is 1. The maximum absolute atomic E-state index is 10.5. The van der Waals surface area contributed by atoms with E-state index in [0.717, 1.165) is 18.7 Å². The highest BCUT2D eigenvalue weighted by molar-refractivity contribution is 5.66. The Morgan fingerprint density at radius 3 is 2.44 bits per heavy atom. The molecule has 0 aromatic heterocycles. The van der Waals surface area contributed by atoms with Gasteiger partial charge < -0.3 is 15.7 Å². The average Bonchev–Trinajstić information content (AvgIpc) is 2.90. The first-order chi connectivity index (χ1) is 8.66. The Morgan fingerprint density at radius 1 is 1.28 bits per heavy atom. The van der Waals surface area contributed by atoms with Crippen molar-refractivity contribution >= 4 is 11.7 Å². The molecule has 4 nitrogen and oxygen atoms in total. The van der Waals surface area contributed by atoms with Gasteiger partial charge in [0.05, 0.1) is 0 Å². The molecule has 0 bridgehead atoms. The van der Waals surface area contributed by atoms with Crippen LogP contribution in [0.5, 0.6) is 0 Å². The third-order valence-electron chi connectivity index (χ3n) is 3.46. The summed E-state index contributed by atoms with van der Waals surface area (Å²) in [6, 6.07) is 8.01. The molecule has 1 saturated heterocycles. The monoisotopic (exact) mass is 248 g/mol. The SMILES string of the molecule is NC(CCC(=O)O)c1ccc(N2CCCC2)cc1. The summed E-state index contributed by atoms with van der Waals surface area (Å²) < 4.78 is 0. The van der Waals surface area contributed by atoms with Crippen LogP contribution < -0.4 is 10.6 Å². The maximum Gasteiger partial charge on any atom is 0.303 e. The molecule has 1 aromatic rings. The number of rotatable bonds is 5. The van der Waals surface area contributed by atoms with E-state index < -0.39 is 5.97 Å². The fourth-order valence-electron chi connectivity index (χ4n) is 2.35. The molecule has 1 heterocycles. The second kappa shape index (κ2) is 5.87. The zero-order chi connectivity index (χ0) is 13.0. The van der Waals surface area contributed by atoms with Gasteiger partial charge in [-0.1, -0.05) is 12.1 Å². The van der Waals surface area contributed by atoms with E-state index in [0.29, 0.717) is 6.42 Å². The van der Waals surface area contributed by atoms with E-state index in [1.165, 1.54) is 18.5 Å². The summed E-state index contributed by atoms with van der Waals surface area (Å²) in [6.07, 6.45) is 3.13. The van der Waals surface area contributed by atoms with Crippen molar-refractivity contribution in [2.45, 2.75) is 31.7 Å². The van der Waals surface area contributed by atoms with Crippen LogP contribution in [0.3, 0.4) is 0 Å². The van der Waals surface area contributed by atoms with Gasteiger partial charge in [0.15, 0.2) is 0 Å². The summed E-state index contributed by atoms with van der Waals surface area (Å²) in [5, 5.41) is 8.63. The van der Waals surface area contributed by atoms with Crippen LogP contribution in [0.4, 0.5) is 5.69 Å². The molecule has 0 spiro atoms. The fraction of sp³-hybridized carbons (Fsp3) is 0.500. The number of aliphatic carboxylic acids is 1. The number of nitrogens with zero attached hydrogens (tertiary/aromatic N) is 1. The molecule has 3 N–H and O–H groups in total. The molecule has 0 saturated carbocycles. The minimum Gasteiger partial charge on any atom is -0.481 e. The Kier molecular flexibility index (Phi) is 4.20. The first-order valence-electron chi connectivity index (χ1n) is 6.49. The standard InChI is InChI=1S/C14H20N2O2/c15-13(7-8-14(17)18)11-3-5-12(6-4-11)16-9-1-2-10-16/h3-6,13H,1-2,7-10,15H2,(H,17,18). The van der Waals surface area contributed by atoms with Crippen molar-refractivity contribution in [2.24, 2.45) is 5.73 Å². The van der Waals surface area contributed by atoms with Gasteiger partial charge >= 0.3 is 5.97 Å². The minimum absolute atomic E-state index is 0.120. The van der Waals surface area contributed by atoms with E-state index in [-0.39, 0.29) is 12.5 Å². The van der Waals surface area contributed by atoms with Crippen molar-refractivity contribution in [3.05, 3.63) is 29.8 Å². The van der Waals surface area contributed by atoms with E-state index in [1.807, 2.05) is 12.1 Å². The molecule has 2 rings (SSSR count). The van der Waals surface area contributed by atoms with Gasteiger partial charge in [-0.3, -0.25) is 4.79 Å². The normalized spacial score (nSPS) is 16.8. The first-order valence-corrected chi connectivity index (χ1v) is 6.49. The molecule has 1 unspecified atom stereocenters. The smallest absolute Gasteiger partial charge is 0.303 e. The molecule has 1 aliphatic heterocycles. The van der Waals surface area contributed by atoms with Crippen LogP contribution in [0.1, 0.15) is 37.3 Å². The number of hydrogen-bond acceptors (Lipinski definition) is 3. The van der Waals surface area contributed by atoms with Gasteiger partial charge in [0.25, 0.3) is 0 Å². The number of carboxylic acids is 1. The molecule has 18 heavy (non-hydrogen) atoms. The molecule has 98 valence electrons. The summed E-state index contributed by atoms with van der Waals surface area (Å²) in [5.74, 6) is -0.792. The molecule has 0 amide bonds. The molecule has 0 aliphatic carbocycles. The zero-order valence-corrected chi connectivity index (χ0v) is 10.5. The van der Waals surface area contributed by atoms with Crippen LogP contribution in [0.25, 0.3) is 0 Å². The van der Waals surface area contributed by atoms with Crippen LogP contribution in [-0.2, 0) is 4.79 Å². The summed E-state index contributed by atoms with van der Waals surface area (Å²) >= 11 is 0. The lowest BCUT2D eigenvalue weighted by atomic mass is 10.0. The van der Waals surface area contributed by atoms with Crippen LogP contribution in [-0.4, -0.2) is 24.2 Å². The zero-order valence-electron chi connectivity index (χ0n) is 10.5. The summed E-state index contributed by atoms with van der Waals surface area (Å²) in [4.78, 5) is 12.9. The lowest BCUT2D eigenvalue weighted by Gasteiger charge is -2.18. The topological polar surface area (TPSA) is 66.6 Å². The quantitative estimate of drug-likeness (QED) is 0.838. The predicted molar refractivity (Wildman–Crippen MR) is 71.7 cm³/mol. The molecule has 1 atom stereocenters. The number of carbonyl (C=O) groups is 1. The van der Waals surface area contributed by atoms with E-state index in [2.05, 4.69) is 17.0 Å². The Hall–Kier alpha value is -1.55. The average molecular weight is 248 g/mol. The Labute approximate surface area is 107 Å². The van der Waals surface area contributed by atoms with Crippen LogP contribution in [0.2, 0.25) is 0 Å². The fourth-order valence-corrected chi connectivity index (χ4v) is 2.35. The highest BCUT2D eigenvalue weighted by atomic mass is 16.4. The maximum atomic E-state index is 10.5. The van der Waals surface area contributed by atoms with Gasteiger partial charge in [-0.05, 0) is 37.0 Å². The van der Waals surface area contributed by atoms with Crippen LogP contribution >= 0.6 is 0 Å². The number of carboxylic acid groups (broad SMARTS) is 1. The second-order valence-electron chi connectivity index (χ2n) is 4.82. The van der Waals surface area contributed by atoms with Gasteiger partial charge in [-0.2, -0.15) is 0 Å². The van der Waals surface area contributed by atoms with Crippen molar-refractivity contribution in [2.75, 3.05) is 18.0 Å². The summed E-state index contributed by atoms with van der Waals surface area (Å²) in [7, 11) is 0. The van der Waals surface area contributed by atoms with Gasteiger partial charge in [0.1, 0.15) is 0 Å². The van der Waals surface area contributed by atoms with Crippen molar-refractivity contribution in [3.63, 3.8) is 0 Å². The molecule has 1 aliphatic rings. The Bertz CT molecular complexity index is 397. The Balaban J connectivity index is 1.95. The molecule has 1 fully saturated rings. The van der Waals surface area contributed by atoms with Gasteiger partial charge in [0.2, 0.25) is 0 Å². The lowest BCUT2D eigenvalue weighted by molar-refractivity contribution is -0.137. The van der Waals surface area contributed by atoms with Gasteiger partial charge in [-0.25, -0.2) is 0 Å². The molecular formula is C14H20N2O2. The number of nitrogens with two attached hydrogens (primary N) is 1. The van der Waals surface area contributed by atoms with Crippen molar-refractivity contribution in [3.8, 4) is 0 Å². The van der Waals surface area contributed by atoms with Crippen molar-refractivity contribution < 1.29 is 9.90 Å². The summed E-state index contributed by atoms with van der Waals surface area (Å²) in [6.45, 7) is 2.26. The van der Waals surface area contributed by atoms with E-state index >= 15 is 0 Å². The second-order valence-corrected chi connectivity index (χ2v) is 4.82. The molecular weight excluding hydrogens is 228 g/mol. The predicted octanol–water partition coefficient (Wildman–Crippen LogP) is 2.15. The number of hydrogen-bond donors (Lipinski definition) is 2. The third kappa shape index (κ3) is 3.23. The lowest BCUT2D eigenvalue weighted by Crippen LogP contribution is -2.18. The van der Waals surface area contributed by atoms with E-state index in [4.69, 9.17) is 10.8 Å². The van der Waals surface area contributed by atoms with Gasteiger partial charge in [-0.15, -0.1) is 0 Å². The van der Waals surface area contributed by atoms with Gasteiger partial charge in [0, 0.05) is 31.2 Å². The molecule has 0 radical (unpaired) electrons. The van der Waals surface area contributed by atoms with Crippen LogP contribution in [0, 0.1) is 0 Å². The van der Waals surface area contributed by atoms with Crippen molar-refractivity contribution in [1.29, 1.82) is 0 Å². The Morgan fingerprint density at radius 2 is 1.89 bits per heavy atom. The van der Waals surface area contributed by atoms with Crippen molar-refractivity contribution in [1.82, 2.24) is 0 Å². The number of anilines is 1. The highest BCUT2D eigenvalue weighted by Crippen LogP contribution is 2.23. The van der Waals surface area contributed by atoms with E-state index in [9.17, 15) is 4.79 Å². The highest BCUT2D eigenvalue weighted by Gasteiger charge is 2.13. The van der Waals surface area contributed by atoms with Crippen LogP contribution in [0.15, 0.2) is 24.3 Å². The first kappa shape index (κ1) is 12.9. The molecule has 4 heteroatoms. The van der Waals surface area contributed by atoms with E-state index in [1.54, 1.807) is 0 Å². The largest absolute Gasteiger partial charge is 0.481 e. The molecule has 1 aromatic carbocycles. The third-order valence-corrected chi connectivity index (χ3v) is 3.46.